The van der Waals surface area contributed by atoms with Gasteiger partial charge >= 0.3 is 11.7 Å². The van der Waals surface area contributed by atoms with Gasteiger partial charge in [0.05, 0.1) is 12.6 Å². The predicted octanol–water partition coefficient (Wildman–Crippen LogP) is -0.119. The maximum atomic E-state index is 12.7. The summed E-state index contributed by atoms with van der Waals surface area (Å²) < 4.78 is 7.88. The molecule has 0 aliphatic rings. The molecule has 9 N–H and O–H groups in total. The second-order valence-corrected chi connectivity index (χ2v) is 9.46. The number of benzene rings is 1. The van der Waals surface area contributed by atoms with Gasteiger partial charge in [0.2, 0.25) is 11.8 Å². The smallest absolute Gasteiger partial charge is 0.341 e. The first-order valence-electron chi connectivity index (χ1n) is 13.7. The van der Waals surface area contributed by atoms with E-state index >= 15 is 0 Å². The van der Waals surface area contributed by atoms with Crippen LogP contribution in [-0.4, -0.2) is 67.7 Å². The summed E-state index contributed by atoms with van der Waals surface area (Å²) >= 11 is 0. The van der Waals surface area contributed by atoms with Gasteiger partial charge in [0.1, 0.15) is 17.1 Å². The molecule has 0 fully saturated rings. The van der Waals surface area contributed by atoms with Crippen LogP contribution in [0.5, 0.6) is 5.75 Å². The van der Waals surface area contributed by atoms with Crippen molar-refractivity contribution in [3.63, 3.8) is 0 Å². The van der Waals surface area contributed by atoms with E-state index in [1.807, 2.05) is 13.8 Å². The highest BCUT2D eigenvalue weighted by Crippen LogP contribution is 2.21. The zero-order valence-corrected chi connectivity index (χ0v) is 23.9. The Morgan fingerprint density at radius 1 is 1.07 bits per heavy atom. The molecule has 2 amide bonds. The van der Waals surface area contributed by atoms with Crippen LogP contribution in [0.1, 0.15) is 46.0 Å². The number of primary amides is 1. The van der Waals surface area contributed by atoms with Crippen LogP contribution >= 0.6 is 0 Å². The minimum atomic E-state index is -1.06. The third-order valence-corrected chi connectivity index (χ3v) is 5.99. The standard InChI is InChI=1S/C19H22N4O5.C8H18N4O2/c1-3-9-22-17-15(18(26)23(10-4-2)19(22)27)20-16(21-17)12-5-7-13(8-6-12)28-11-14(24)25;9-4-2-1-3-6(10)8(14)12-5-7(11)13/h5-8H,3-4,9-11H2,1-2H3,(H,20,21)(H,24,25);6H,1-5,9-10H2,(H2,11,13)(H,12,14)/t;6-/m.1/s1. The number of hydrogen-bond donors (Lipinski definition) is 6. The van der Waals surface area contributed by atoms with E-state index < -0.39 is 24.5 Å². The number of aromatic nitrogens is 4. The second-order valence-electron chi connectivity index (χ2n) is 9.46. The zero-order chi connectivity index (χ0) is 31.2. The molecule has 2 aromatic heterocycles. The molecule has 15 heteroatoms. The number of aliphatic carboxylic acids is 1. The highest BCUT2D eigenvalue weighted by Gasteiger charge is 2.17. The number of nitrogens with one attached hydrogen (secondary N) is 2. The van der Waals surface area contributed by atoms with Crippen molar-refractivity contribution in [3.05, 3.63) is 45.1 Å². The number of hydrogen-bond acceptors (Lipinski definition) is 9. The number of fused-ring (bicyclic) bond motifs is 1. The van der Waals surface area contributed by atoms with Crippen LogP contribution in [0.15, 0.2) is 33.9 Å². The lowest BCUT2D eigenvalue weighted by atomic mass is 10.1. The highest BCUT2D eigenvalue weighted by atomic mass is 16.5. The van der Waals surface area contributed by atoms with E-state index in [0.29, 0.717) is 60.8 Å². The number of carbonyl (C=O) groups excluding carboxylic acids is 2. The molecule has 0 bridgehead atoms. The van der Waals surface area contributed by atoms with E-state index in [-0.39, 0.29) is 23.7 Å². The zero-order valence-electron chi connectivity index (χ0n) is 23.9. The van der Waals surface area contributed by atoms with Crippen molar-refractivity contribution >= 4 is 28.9 Å². The number of rotatable bonds is 15. The molecule has 3 rings (SSSR count). The minimum absolute atomic E-state index is 0.163. The largest absolute Gasteiger partial charge is 0.482 e. The van der Waals surface area contributed by atoms with Gasteiger partial charge in [-0.1, -0.05) is 20.3 Å². The number of carbonyl (C=O) groups is 3. The Morgan fingerprint density at radius 2 is 1.71 bits per heavy atom. The monoisotopic (exact) mass is 588 g/mol. The van der Waals surface area contributed by atoms with E-state index in [0.717, 1.165) is 19.3 Å². The molecule has 0 spiro atoms. The highest BCUT2D eigenvalue weighted by molar-refractivity contribution is 5.86. The van der Waals surface area contributed by atoms with E-state index in [2.05, 4.69) is 15.3 Å². The fraction of sp³-hybridized carbons (Fsp3) is 0.481. The van der Waals surface area contributed by atoms with Gasteiger partial charge in [-0.05, 0) is 56.5 Å². The molecule has 0 radical (unpaired) electrons. The number of carboxylic acids is 1. The number of aromatic amines is 1. The van der Waals surface area contributed by atoms with Crippen molar-refractivity contribution < 1.29 is 24.2 Å². The number of nitrogens with two attached hydrogens (primary N) is 3. The molecule has 1 aromatic carbocycles. The van der Waals surface area contributed by atoms with Crippen LogP contribution in [0.2, 0.25) is 0 Å². The molecule has 42 heavy (non-hydrogen) atoms. The molecule has 1 atom stereocenters. The molecule has 0 saturated heterocycles. The number of aryl methyl sites for hydroxylation is 1. The Hall–Kier alpha value is -4.50. The third-order valence-electron chi connectivity index (χ3n) is 5.99. The lowest BCUT2D eigenvalue weighted by Gasteiger charge is -2.10. The predicted molar refractivity (Wildman–Crippen MR) is 157 cm³/mol. The summed E-state index contributed by atoms with van der Waals surface area (Å²) in [7, 11) is 0. The fourth-order valence-corrected chi connectivity index (χ4v) is 3.95. The van der Waals surface area contributed by atoms with Gasteiger partial charge < -0.3 is 37.3 Å². The Balaban J connectivity index is 0.000000374. The molecule has 3 aromatic rings. The van der Waals surface area contributed by atoms with Crippen LogP contribution in [0.25, 0.3) is 22.6 Å². The number of imidazole rings is 1. The molecule has 15 nitrogen and oxygen atoms in total. The number of unbranched alkanes of at least 4 members (excludes halogenated alkanes) is 1. The first-order valence-corrected chi connectivity index (χ1v) is 13.7. The number of ether oxygens (including phenoxy) is 1. The molecule has 230 valence electrons. The Labute approximate surface area is 242 Å². The molecular formula is C27H40N8O7. The van der Waals surface area contributed by atoms with E-state index in [1.54, 1.807) is 24.3 Å². The Morgan fingerprint density at radius 3 is 2.29 bits per heavy atom. The van der Waals surface area contributed by atoms with Gasteiger partial charge in [0.15, 0.2) is 12.3 Å². The van der Waals surface area contributed by atoms with Gasteiger partial charge in [-0.15, -0.1) is 0 Å². The van der Waals surface area contributed by atoms with Gasteiger partial charge in [-0.2, -0.15) is 0 Å². The summed E-state index contributed by atoms with van der Waals surface area (Å²) in [6, 6.07) is 6.09. The normalized spacial score (nSPS) is 11.4. The van der Waals surface area contributed by atoms with E-state index in [4.69, 9.17) is 27.0 Å². The molecule has 0 aliphatic heterocycles. The molecule has 0 aliphatic carbocycles. The average molecular weight is 589 g/mol. The van der Waals surface area contributed by atoms with Crippen LogP contribution in [0.3, 0.4) is 0 Å². The first kappa shape index (κ1) is 33.7. The van der Waals surface area contributed by atoms with Crippen molar-refractivity contribution in [1.29, 1.82) is 0 Å². The summed E-state index contributed by atoms with van der Waals surface area (Å²) in [6.45, 7) is 4.68. The van der Waals surface area contributed by atoms with Crippen molar-refractivity contribution in [2.24, 2.45) is 17.2 Å². The van der Waals surface area contributed by atoms with Crippen molar-refractivity contribution in [2.75, 3.05) is 19.7 Å². The van der Waals surface area contributed by atoms with Gasteiger partial charge in [-0.3, -0.25) is 23.5 Å². The summed E-state index contributed by atoms with van der Waals surface area (Å²) in [5.74, 6) is -1.11. The number of H-pyrrole nitrogens is 1. The van der Waals surface area contributed by atoms with Crippen LogP contribution in [0, 0.1) is 0 Å². The Kier molecular flexibility index (Phi) is 13.4. The fourth-order valence-electron chi connectivity index (χ4n) is 3.95. The molecular weight excluding hydrogens is 548 g/mol. The topological polar surface area (TPSA) is 243 Å². The van der Waals surface area contributed by atoms with Crippen molar-refractivity contribution in [3.8, 4) is 17.1 Å². The Bertz CT molecular complexity index is 1460. The maximum absolute atomic E-state index is 12.7. The van der Waals surface area contributed by atoms with E-state index in [9.17, 15) is 24.0 Å². The number of nitrogens with zero attached hydrogens (tertiary/aromatic N) is 3. The van der Waals surface area contributed by atoms with Crippen LogP contribution in [-0.2, 0) is 27.5 Å². The molecule has 0 unspecified atom stereocenters. The molecule has 2 heterocycles. The average Bonchev–Trinajstić information content (AvgIpc) is 3.41. The lowest BCUT2D eigenvalue weighted by Crippen LogP contribution is -2.43. The van der Waals surface area contributed by atoms with Crippen molar-refractivity contribution in [1.82, 2.24) is 24.4 Å². The minimum Gasteiger partial charge on any atom is -0.482 e. The van der Waals surface area contributed by atoms with Crippen molar-refractivity contribution in [2.45, 2.75) is 65.1 Å². The molecule has 0 saturated carbocycles. The number of carboxylic acid groups (broad SMARTS) is 1. The third kappa shape index (κ3) is 9.55. The van der Waals surface area contributed by atoms with E-state index in [1.165, 1.54) is 9.13 Å². The van der Waals surface area contributed by atoms with Gasteiger partial charge in [0.25, 0.3) is 5.56 Å². The number of amides is 2. The van der Waals surface area contributed by atoms with Crippen LogP contribution in [0.4, 0.5) is 0 Å². The van der Waals surface area contributed by atoms with Gasteiger partial charge in [-0.25, -0.2) is 14.6 Å². The summed E-state index contributed by atoms with van der Waals surface area (Å²) in [5, 5.41) is 11.0. The second kappa shape index (κ2) is 16.7. The van der Waals surface area contributed by atoms with Crippen LogP contribution < -0.4 is 38.5 Å². The quantitative estimate of drug-likeness (QED) is 0.129. The van der Waals surface area contributed by atoms with Gasteiger partial charge in [0, 0.05) is 18.7 Å². The summed E-state index contributed by atoms with van der Waals surface area (Å²) in [6.07, 6.45) is 3.63. The lowest BCUT2D eigenvalue weighted by molar-refractivity contribution is -0.139. The maximum Gasteiger partial charge on any atom is 0.341 e. The summed E-state index contributed by atoms with van der Waals surface area (Å²) in [4.78, 5) is 65.1. The summed E-state index contributed by atoms with van der Waals surface area (Å²) in [5.41, 5.74) is 16.3. The first-order chi connectivity index (χ1) is 20.0. The SMILES string of the molecule is CCCn1c(=O)c2[nH]c(-c3ccc(OCC(=O)O)cc3)nc2n(CCC)c1=O.NCCCC[C@@H](N)C(=O)NCC(N)=O.